The normalized spacial score (nSPS) is 14.1. The molecule has 3 aromatic rings. The van der Waals surface area contributed by atoms with E-state index in [1.807, 2.05) is 25.1 Å². The first-order valence-electron chi connectivity index (χ1n) is 10.1. The van der Waals surface area contributed by atoms with Gasteiger partial charge in [0.25, 0.3) is 11.8 Å². The molecular formula is C22H23N5O3S. The molecule has 2 amide bonds. The molecule has 1 fully saturated rings. The molecule has 2 N–H and O–H groups in total. The van der Waals surface area contributed by atoms with Crippen LogP contribution in [-0.2, 0) is 16.6 Å². The van der Waals surface area contributed by atoms with E-state index in [-0.39, 0.29) is 29.3 Å². The van der Waals surface area contributed by atoms with Crippen molar-refractivity contribution < 1.29 is 13.8 Å². The molecule has 0 radical (unpaired) electrons. The van der Waals surface area contributed by atoms with E-state index in [1.54, 1.807) is 36.4 Å². The number of carbonyl (C=O) groups is 2. The van der Waals surface area contributed by atoms with Crippen molar-refractivity contribution in [1.82, 2.24) is 25.6 Å². The fourth-order valence-corrected chi connectivity index (χ4v) is 4.23. The summed E-state index contributed by atoms with van der Waals surface area (Å²) in [5.74, 6) is -0.391. The molecule has 4 rings (SSSR count). The zero-order chi connectivity index (χ0) is 21.8. The summed E-state index contributed by atoms with van der Waals surface area (Å²) in [5, 5.41) is 13.9. The molecular weight excluding hydrogens is 414 g/mol. The molecule has 1 aliphatic rings. The number of hydrogen-bond donors (Lipinski definition) is 2. The van der Waals surface area contributed by atoms with Crippen LogP contribution in [-0.4, -0.2) is 43.6 Å². The number of amides is 2. The monoisotopic (exact) mass is 437 g/mol. The van der Waals surface area contributed by atoms with E-state index in [1.165, 1.54) is 4.68 Å². The predicted octanol–water partition coefficient (Wildman–Crippen LogP) is 2.22. The smallest absolute Gasteiger partial charge is 0.274 e. The Labute approximate surface area is 182 Å². The minimum Gasteiger partial charge on any atom is -0.352 e. The molecule has 2 aromatic carbocycles. The lowest BCUT2D eigenvalue weighted by molar-refractivity contribution is 0.0940. The number of nitrogens with zero attached hydrogens (tertiary/aromatic N) is 3. The SMILES string of the molecule is CCNC(=O)c1ccc(-n2nnc(C(=O)NC3CC3)c2CS(=O)c2ccccc2)cc1. The van der Waals surface area contributed by atoms with Crippen molar-refractivity contribution in [2.45, 2.75) is 36.5 Å². The van der Waals surface area contributed by atoms with Gasteiger partial charge in [-0.3, -0.25) is 13.8 Å². The average Bonchev–Trinajstić information content (AvgIpc) is 3.51. The number of nitrogens with one attached hydrogen (secondary N) is 2. The van der Waals surface area contributed by atoms with Crippen molar-refractivity contribution in [1.29, 1.82) is 0 Å². The molecule has 1 heterocycles. The van der Waals surface area contributed by atoms with Crippen molar-refractivity contribution in [2.75, 3.05) is 6.54 Å². The van der Waals surface area contributed by atoms with E-state index in [0.29, 0.717) is 28.4 Å². The summed E-state index contributed by atoms with van der Waals surface area (Å²) >= 11 is 0. The van der Waals surface area contributed by atoms with E-state index in [9.17, 15) is 13.8 Å². The van der Waals surface area contributed by atoms with Gasteiger partial charge in [-0.15, -0.1) is 5.10 Å². The van der Waals surface area contributed by atoms with Gasteiger partial charge in [0, 0.05) is 23.0 Å². The van der Waals surface area contributed by atoms with Gasteiger partial charge in [0.05, 0.1) is 27.9 Å². The number of carbonyl (C=O) groups excluding carboxylic acids is 2. The third-order valence-electron chi connectivity index (χ3n) is 4.88. The Balaban J connectivity index is 1.66. The first kappa shape index (κ1) is 20.9. The van der Waals surface area contributed by atoms with Crippen LogP contribution in [0.4, 0.5) is 0 Å². The van der Waals surface area contributed by atoms with Crippen LogP contribution in [0.25, 0.3) is 5.69 Å². The fraction of sp³-hybridized carbons (Fsp3) is 0.273. The molecule has 0 bridgehead atoms. The van der Waals surface area contributed by atoms with E-state index < -0.39 is 10.8 Å². The van der Waals surface area contributed by atoms with Gasteiger partial charge in [-0.2, -0.15) is 0 Å². The number of benzene rings is 2. The van der Waals surface area contributed by atoms with Crippen LogP contribution in [0.15, 0.2) is 59.5 Å². The average molecular weight is 438 g/mol. The van der Waals surface area contributed by atoms with Crippen LogP contribution in [0, 0.1) is 0 Å². The Morgan fingerprint density at radius 1 is 1.06 bits per heavy atom. The second-order valence-electron chi connectivity index (χ2n) is 7.25. The third kappa shape index (κ3) is 4.88. The standard InChI is InChI=1S/C22H23N5O3S/c1-2-23-21(28)15-8-12-17(13-9-15)27-19(14-31(30)18-6-4-3-5-7-18)20(25-26-27)22(29)24-16-10-11-16/h3-9,12-13,16H,2,10-11,14H2,1H3,(H,23,28)(H,24,29). The lowest BCUT2D eigenvalue weighted by atomic mass is 10.2. The molecule has 8 nitrogen and oxygen atoms in total. The molecule has 31 heavy (non-hydrogen) atoms. The van der Waals surface area contributed by atoms with Gasteiger partial charge in [0.1, 0.15) is 0 Å². The van der Waals surface area contributed by atoms with Gasteiger partial charge in [0.15, 0.2) is 5.69 Å². The maximum Gasteiger partial charge on any atom is 0.274 e. The van der Waals surface area contributed by atoms with Gasteiger partial charge < -0.3 is 10.6 Å². The number of hydrogen-bond acceptors (Lipinski definition) is 5. The van der Waals surface area contributed by atoms with Gasteiger partial charge in [-0.25, -0.2) is 4.68 Å². The Bertz CT molecular complexity index is 1110. The van der Waals surface area contributed by atoms with Gasteiger partial charge >= 0.3 is 0 Å². The van der Waals surface area contributed by atoms with Crippen LogP contribution in [0.1, 0.15) is 46.3 Å². The highest BCUT2D eigenvalue weighted by Gasteiger charge is 2.28. The largest absolute Gasteiger partial charge is 0.352 e. The summed E-state index contributed by atoms with van der Waals surface area (Å²) in [4.78, 5) is 25.4. The topological polar surface area (TPSA) is 106 Å². The molecule has 0 aliphatic heterocycles. The van der Waals surface area contributed by atoms with E-state index >= 15 is 0 Å². The molecule has 0 spiro atoms. The second kappa shape index (κ2) is 9.22. The maximum absolute atomic E-state index is 13.0. The van der Waals surface area contributed by atoms with Crippen LogP contribution in [0.5, 0.6) is 0 Å². The third-order valence-corrected chi connectivity index (χ3v) is 6.21. The highest BCUT2D eigenvalue weighted by Crippen LogP contribution is 2.22. The van der Waals surface area contributed by atoms with Crippen molar-refractivity contribution in [2.24, 2.45) is 0 Å². The van der Waals surface area contributed by atoms with Gasteiger partial charge in [-0.05, 0) is 56.2 Å². The zero-order valence-corrected chi connectivity index (χ0v) is 17.9. The van der Waals surface area contributed by atoms with Gasteiger partial charge in [-0.1, -0.05) is 23.4 Å². The van der Waals surface area contributed by atoms with Crippen LogP contribution in [0.2, 0.25) is 0 Å². The van der Waals surface area contributed by atoms with E-state index in [0.717, 1.165) is 12.8 Å². The van der Waals surface area contributed by atoms with Crippen LogP contribution in [0.3, 0.4) is 0 Å². The Morgan fingerprint density at radius 3 is 2.42 bits per heavy atom. The first-order chi connectivity index (χ1) is 15.1. The predicted molar refractivity (Wildman–Crippen MR) is 116 cm³/mol. The second-order valence-corrected chi connectivity index (χ2v) is 8.70. The minimum absolute atomic E-state index is 0.0858. The fourth-order valence-electron chi connectivity index (χ4n) is 3.09. The summed E-state index contributed by atoms with van der Waals surface area (Å²) < 4.78 is 14.5. The number of rotatable bonds is 8. The van der Waals surface area contributed by atoms with E-state index in [4.69, 9.17) is 0 Å². The zero-order valence-electron chi connectivity index (χ0n) is 17.1. The highest BCUT2D eigenvalue weighted by molar-refractivity contribution is 7.84. The van der Waals surface area contributed by atoms with Crippen molar-refractivity contribution in [3.63, 3.8) is 0 Å². The summed E-state index contributed by atoms with van der Waals surface area (Å²) in [6.45, 7) is 2.40. The molecule has 1 atom stereocenters. The van der Waals surface area contributed by atoms with Crippen LogP contribution < -0.4 is 10.6 Å². The minimum atomic E-state index is -1.38. The van der Waals surface area contributed by atoms with E-state index in [2.05, 4.69) is 20.9 Å². The summed E-state index contributed by atoms with van der Waals surface area (Å²) in [7, 11) is -1.38. The lowest BCUT2D eigenvalue weighted by Crippen LogP contribution is -2.27. The highest BCUT2D eigenvalue weighted by atomic mass is 32.2. The molecule has 160 valence electrons. The molecule has 0 saturated heterocycles. The van der Waals surface area contributed by atoms with Crippen molar-refractivity contribution in [3.05, 3.63) is 71.5 Å². The quantitative estimate of drug-likeness (QED) is 0.562. The Hall–Kier alpha value is -3.33. The summed E-state index contributed by atoms with van der Waals surface area (Å²) in [5.41, 5.74) is 1.79. The Kier molecular flexibility index (Phi) is 6.22. The van der Waals surface area contributed by atoms with Crippen LogP contribution >= 0.6 is 0 Å². The van der Waals surface area contributed by atoms with Gasteiger partial charge in [0.2, 0.25) is 0 Å². The summed E-state index contributed by atoms with van der Waals surface area (Å²) in [6, 6.07) is 16.1. The number of aromatic nitrogens is 3. The first-order valence-corrected chi connectivity index (χ1v) is 11.5. The molecule has 1 aliphatic carbocycles. The molecule has 9 heteroatoms. The summed E-state index contributed by atoms with van der Waals surface area (Å²) in [6.07, 6.45) is 1.90. The maximum atomic E-state index is 13.0. The van der Waals surface area contributed by atoms with Crippen molar-refractivity contribution >= 4 is 22.6 Å². The lowest BCUT2D eigenvalue weighted by Gasteiger charge is -2.10. The molecule has 1 saturated carbocycles. The molecule has 1 aromatic heterocycles. The van der Waals surface area contributed by atoms with Crippen molar-refractivity contribution in [3.8, 4) is 5.69 Å². The Morgan fingerprint density at radius 2 is 1.77 bits per heavy atom. The molecule has 1 unspecified atom stereocenters.